The van der Waals surface area contributed by atoms with Crippen molar-refractivity contribution >= 4 is 5.69 Å². The van der Waals surface area contributed by atoms with E-state index in [1.807, 2.05) is 0 Å². The van der Waals surface area contributed by atoms with Crippen molar-refractivity contribution in [2.45, 2.75) is 38.8 Å². The molecule has 1 aliphatic heterocycles. The standard InChI is InChI=1S/C17H28N2O2/c1-3-9-18-17(4-2)14-5-7-15(8-6-14)19-10-11-21-13-16(19)12-20/h5-8,16-18,20H,3-4,9-13H2,1-2H3. The maximum atomic E-state index is 9.47. The van der Waals surface area contributed by atoms with Gasteiger partial charge in [-0.3, -0.25) is 0 Å². The maximum Gasteiger partial charge on any atom is 0.0755 e. The van der Waals surface area contributed by atoms with Crippen molar-refractivity contribution in [3.8, 4) is 0 Å². The van der Waals surface area contributed by atoms with Crippen molar-refractivity contribution in [1.82, 2.24) is 5.32 Å². The highest BCUT2D eigenvalue weighted by molar-refractivity contribution is 5.49. The van der Waals surface area contributed by atoms with Crippen LogP contribution in [-0.2, 0) is 4.74 Å². The molecule has 0 radical (unpaired) electrons. The third-order valence-corrected chi connectivity index (χ3v) is 4.11. The van der Waals surface area contributed by atoms with Gasteiger partial charge >= 0.3 is 0 Å². The molecule has 2 rings (SSSR count). The predicted molar refractivity (Wildman–Crippen MR) is 86.8 cm³/mol. The van der Waals surface area contributed by atoms with E-state index in [0.29, 0.717) is 12.6 Å². The van der Waals surface area contributed by atoms with Crippen molar-refractivity contribution in [3.63, 3.8) is 0 Å². The lowest BCUT2D eigenvalue weighted by Crippen LogP contribution is -2.47. The fourth-order valence-corrected chi connectivity index (χ4v) is 2.86. The van der Waals surface area contributed by atoms with Gasteiger partial charge in [-0.05, 0) is 37.1 Å². The Labute approximate surface area is 128 Å². The summed E-state index contributed by atoms with van der Waals surface area (Å²) in [5.74, 6) is 0. The van der Waals surface area contributed by atoms with Crippen LogP contribution in [0.1, 0.15) is 38.3 Å². The van der Waals surface area contributed by atoms with Gasteiger partial charge in [-0.1, -0.05) is 26.0 Å². The highest BCUT2D eigenvalue weighted by Gasteiger charge is 2.22. The van der Waals surface area contributed by atoms with Gasteiger partial charge in [-0.2, -0.15) is 0 Å². The van der Waals surface area contributed by atoms with E-state index in [1.54, 1.807) is 0 Å². The van der Waals surface area contributed by atoms with Crippen LogP contribution in [0.5, 0.6) is 0 Å². The van der Waals surface area contributed by atoms with Crippen LogP contribution >= 0.6 is 0 Å². The van der Waals surface area contributed by atoms with E-state index in [4.69, 9.17) is 4.74 Å². The molecule has 2 atom stereocenters. The Balaban J connectivity index is 2.06. The Morgan fingerprint density at radius 1 is 1.33 bits per heavy atom. The van der Waals surface area contributed by atoms with E-state index >= 15 is 0 Å². The minimum absolute atomic E-state index is 0.0739. The fourth-order valence-electron chi connectivity index (χ4n) is 2.86. The summed E-state index contributed by atoms with van der Waals surface area (Å²) in [6.07, 6.45) is 2.25. The summed E-state index contributed by atoms with van der Waals surface area (Å²) in [6, 6.07) is 9.24. The lowest BCUT2D eigenvalue weighted by molar-refractivity contribution is 0.0727. The smallest absolute Gasteiger partial charge is 0.0755 e. The third-order valence-electron chi connectivity index (χ3n) is 4.11. The molecule has 21 heavy (non-hydrogen) atoms. The number of benzene rings is 1. The van der Waals surface area contributed by atoms with Gasteiger partial charge in [-0.15, -0.1) is 0 Å². The van der Waals surface area contributed by atoms with Crippen LogP contribution in [0.25, 0.3) is 0 Å². The third kappa shape index (κ3) is 4.19. The number of hydrogen-bond donors (Lipinski definition) is 2. The molecule has 118 valence electrons. The summed E-state index contributed by atoms with van der Waals surface area (Å²) in [5, 5.41) is 13.0. The Hall–Kier alpha value is -1.10. The first-order valence-electron chi connectivity index (χ1n) is 8.08. The van der Waals surface area contributed by atoms with E-state index in [9.17, 15) is 5.11 Å². The normalized spacial score (nSPS) is 20.5. The zero-order valence-electron chi connectivity index (χ0n) is 13.2. The highest BCUT2D eigenvalue weighted by Crippen LogP contribution is 2.23. The van der Waals surface area contributed by atoms with E-state index < -0.39 is 0 Å². The first kappa shape index (κ1) is 16.3. The van der Waals surface area contributed by atoms with E-state index in [2.05, 4.69) is 48.3 Å². The van der Waals surface area contributed by atoms with Crippen LogP contribution in [0.15, 0.2) is 24.3 Å². The van der Waals surface area contributed by atoms with Crippen LogP contribution in [0, 0.1) is 0 Å². The van der Waals surface area contributed by atoms with E-state index in [-0.39, 0.29) is 12.6 Å². The van der Waals surface area contributed by atoms with Gasteiger partial charge < -0.3 is 20.1 Å². The fraction of sp³-hybridized carbons (Fsp3) is 0.647. The molecule has 0 amide bonds. The van der Waals surface area contributed by atoms with Gasteiger partial charge in [0, 0.05) is 18.3 Å². The summed E-state index contributed by atoms with van der Waals surface area (Å²) in [5.41, 5.74) is 2.51. The van der Waals surface area contributed by atoms with Crippen molar-refractivity contribution < 1.29 is 9.84 Å². The number of morpholine rings is 1. The minimum atomic E-state index is 0.0739. The van der Waals surface area contributed by atoms with Crippen LogP contribution in [0.4, 0.5) is 5.69 Å². The lowest BCUT2D eigenvalue weighted by Gasteiger charge is -2.36. The number of anilines is 1. The minimum Gasteiger partial charge on any atom is -0.394 e. The molecule has 2 unspecified atom stereocenters. The molecule has 0 spiro atoms. The second-order valence-electron chi connectivity index (χ2n) is 5.61. The molecular formula is C17H28N2O2. The zero-order valence-corrected chi connectivity index (χ0v) is 13.2. The summed E-state index contributed by atoms with van der Waals surface area (Å²) in [6.45, 7) is 7.77. The van der Waals surface area contributed by atoms with Gasteiger partial charge in [0.2, 0.25) is 0 Å². The molecule has 1 fully saturated rings. The number of aliphatic hydroxyl groups is 1. The second kappa shape index (κ2) is 8.37. The Morgan fingerprint density at radius 2 is 2.10 bits per heavy atom. The largest absolute Gasteiger partial charge is 0.394 e. The van der Waals surface area contributed by atoms with Crippen LogP contribution in [0.2, 0.25) is 0 Å². The number of nitrogens with zero attached hydrogens (tertiary/aromatic N) is 1. The maximum absolute atomic E-state index is 9.47. The first-order valence-corrected chi connectivity index (χ1v) is 8.08. The second-order valence-corrected chi connectivity index (χ2v) is 5.61. The van der Waals surface area contributed by atoms with Crippen LogP contribution in [0.3, 0.4) is 0 Å². The Bertz CT molecular complexity index is 408. The highest BCUT2D eigenvalue weighted by atomic mass is 16.5. The van der Waals surface area contributed by atoms with Crippen LogP contribution in [-0.4, -0.2) is 44.1 Å². The summed E-state index contributed by atoms with van der Waals surface area (Å²) < 4.78 is 5.44. The topological polar surface area (TPSA) is 44.7 Å². The van der Waals surface area contributed by atoms with E-state index in [0.717, 1.165) is 32.5 Å². The summed E-state index contributed by atoms with van der Waals surface area (Å²) in [7, 11) is 0. The van der Waals surface area contributed by atoms with Gasteiger partial charge in [0.15, 0.2) is 0 Å². The summed E-state index contributed by atoms with van der Waals surface area (Å²) in [4.78, 5) is 2.24. The lowest BCUT2D eigenvalue weighted by atomic mass is 10.0. The average Bonchev–Trinajstić information content (AvgIpc) is 2.56. The molecule has 0 bridgehead atoms. The predicted octanol–water partition coefficient (Wildman–Crippen LogP) is 2.33. The Morgan fingerprint density at radius 3 is 2.71 bits per heavy atom. The number of hydrogen-bond acceptors (Lipinski definition) is 4. The molecule has 0 aromatic heterocycles. The Kier molecular flexibility index (Phi) is 6.49. The molecule has 0 aliphatic carbocycles. The molecular weight excluding hydrogens is 264 g/mol. The van der Waals surface area contributed by atoms with Gasteiger partial charge in [0.1, 0.15) is 0 Å². The number of aliphatic hydroxyl groups excluding tert-OH is 1. The molecule has 0 saturated carbocycles. The number of nitrogens with one attached hydrogen (secondary N) is 1. The molecule has 1 saturated heterocycles. The van der Waals surface area contributed by atoms with Gasteiger partial charge in [0.05, 0.1) is 25.9 Å². The number of rotatable bonds is 7. The molecule has 1 aromatic carbocycles. The first-order chi connectivity index (χ1) is 10.3. The van der Waals surface area contributed by atoms with Crippen molar-refractivity contribution in [1.29, 1.82) is 0 Å². The molecule has 1 heterocycles. The molecule has 4 nitrogen and oxygen atoms in total. The average molecular weight is 292 g/mol. The van der Waals surface area contributed by atoms with E-state index in [1.165, 1.54) is 11.3 Å². The van der Waals surface area contributed by atoms with Gasteiger partial charge in [-0.25, -0.2) is 0 Å². The molecule has 2 N–H and O–H groups in total. The SMILES string of the molecule is CCCNC(CC)c1ccc(N2CCOCC2CO)cc1. The quantitative estimate of drug-likeness (QED) is 0.809. The molecule has 1 aromatic rings. The summed E-state index contributed by atoms with van der Waals surface area (Å²) >= 11 is 0. The van der Waals surface area contributed by atoms with Crippen LogP contribution < -0.4 is 10.2 Å². The van der Waals surface area contributed by atoms with Crippen molar-refractivity contribution in [2.24, 2.45) is 0 Å². The zero-order chi connectivity index (χ0) is 15.1. The molecule has 1 aliphatic rings. The monoisotopic (exact) mass is 292 g/mol. The van der Waals surface area contributed by atoms with Gasteiger partial charge in [0.25, 0.3) is 0 Å². The number of ether oxygens (including phenoxy) is 1. The molecule has 4 heteroatoms. The van der Waals surface area contributed by atoms with Crippen molar-refractivity contribution in [3.05, 3.63) is 29.8 Å². The van der Waals surface area contributed by atoms with Crippen molar-refractivity contribution in [2.75, 3.05) is 37.8 Å².